The molecular weight excluding hydrogens is 175 g/mol. The van der Waals surface area contributed by atoms with Gasteiger partial charge in [-0.15, -0.1) is 0 Å². The topological polar surface area (TPSA) is 55.5 Å². The van der Waals surface area contributed by atoms with E-state index in [0.717, 1.165) is 0 Å². The largest absolute Gasteiger partial charge is 0.347 e. The van der Waals surface area contributed by atoms with Crippen LogP contribution in [0.5, 0.6) is 0 Å². The smallest absolute Gasteiger partial charge is 0.262 e. The molecule has 0 aromatic heterocycles. The molecule has 2 rings (SSSR count). The number of hydrogen-bond acceptors (Lipinski definition) is 3. The van der Waals surface area contributed by atoms with Crippen molar-refractivity contribution in [2.75, 3.05) is 0 Å². The summed E-state index contributed by atoms with van der Waals surface area (Å²) < 4.78 is 12.5. The molecule has 1 aromatic carbocycles. The van der Waals surface area contributed by atoms with Gasteiger partial charge in [0, 0.05) is 5.56 Å². The minimum absolute atomic E-state index is 0.359. The summed E-state index contributed by atoms with van der Waals surface area (Å²) in [5.41, 5.74) is 1.04. The molecule has 0 fully saturated rings. The minimum Gasteiger partial charge on any atom is -0.262 e. The van der Waals surface area contributed by atoms with Crippen molar-refractivity contribution >= 4 is 5.71 Å². The van der Waals surface area contributed by atoms with Gasteiger partial charge in [-0.2, -0.15) is 0 Å². The Kier molecular flexibility index (Phi) is 1.58. The van der Waals surface area contributed by atoms with Crippen LogP contribution in [0.4, 0.5) is 4.39 Å². The van der Waals surface area contributed by atoms with Gasteiger partial charge in [0.25, 0.3) is 0 Å². The van der Waals surface area contributed by atoms with Crippen LogP contribution >= 0.6 is 0 Å². The molecule has 1 aromatic rings. The Bertz CT molecular complexity index is 386. The zero-order chi connectivity index (χ0) is 9.42. The van der Waals surface area contributed by atoms with Gasteiger partial charge in [-0.3, -0.25) is 10.1 Å². The molecule has 1 unspecified atom stereocenters. The van der Waals surface area contributed by atoms with Gasteiger partial charge >= 0.3 is 6.17 Å². The molecule has 13 heavy (non-hydrogen) atoms. The van der Waals surface area contributed by atoms with Crippen molar-refractivity contribution in [2.24, 2.45) is 4.99 Å². The molecule has 0 spiro atoms. The number of aliphatic imine (C=N–C) groups is 1. The molecule has 1 heterocycles. The molecule has 5 heteroatoms. The zero-order valence-electron chi connectivity index (χ0n) is 6.48. The Morgan fingerprint density at radius 1 is 1.38 bits per heavy atom. The second kappa shape index (κ2) is 2.62. The monoisotopic (exact) mass is 180 g/mol. The molecule has 4 nitrogen and oxygen atoms in total. The van der Waals surface area contributed by atoms with Gasteiger partial charge in [-0.1, -0.05) is 0 Å². The van der Waals surface area contributed by atoms with Crippen LogP contribution in [0.2, 0.25) is 0 Å². The highest BCUT2D eigenvalue weighted by Gasteiger charge is 2.40. The predicted molar refractivity (Wildman–Crippen MR) is 43.7 cm³/mol. The summed E-state index contributed by atoms with van der Waals surface area (Å²) in [6, 6.07) is 5.48. The van der Waals surface area contributed by atoms with Crippen molar-refractivity contribution < 1.29 is 9.31 Å². The lowest BCUT2D eigenvalue weighted by Crippen LogP contribution is -2.10. The molecule has 0 amide bonds. The minimum atomic E-state index is -0.912. The zero-order valence-corrected chi connectivity index (χ0v) is 6.48. The fourth-order valence-corrected chi connectivity index (χ4v) is 1.09. The van der Waals surface area contributed by atoms with Crippen LogP contribution in [-0.4, -0.2) is 16.8 Å². The molecule has 1 atom stereocenters. The van der Waals surface area contributed by atoms with Crippen LogP contribution in [0.15, 0.2) is 29.3 Å². The first kappa shape index (κ1) is 7.85. The number of nitro groups is 1. The highest BCUT2D eigenvalue weighted by molar-refractivity contribution is 6.12. The molecule has 1 aliphatic heterocycles. The normalized spacial score (nSPS) is 19.5. The lowest BCUT2D eigenvalue weighted by molar-refractivity contribution is -0.490. The molecule has 66 valence electrons. The van der Waals surface area contributed by atoms with E-state index in [4.69, 9.17) is 0 Å². The Morgan fingerprint density at radius 2 is 2.00 bits per heavy atom. The van der Waals surface area contributed by atoms with Crippen molar-refractivity contribution in [1.29, 1.82) is 0 Å². The van der Waals surface area contributed by atoms with Crippen molar-refractivity contribution in [3.63, 3.8) is 0 Å². The van der Waals surface area contributed by atoms with Gasteiger partial charge in [-0.25, -0.2) is 9.38 Å². The second-order valence-electron chi connectivity index (χ2n) is 2.68. The van der Waals surface area contributed by atoms with E-state index in [-0.39, 0.29) is 5.82 Å². The van der Waals surface area contributed by atoms with E-state index in [1.165, 1.54) is 24.3 Å². The third-order valence-electron chi connectivity index (χ3n) is 1.78. The SMILES string of the molecule is O=[N+]([O-])C1N=C1c1ccc(F)cc1. The summed E-state index contributed by atoms with van der Waals surface area (Å²) in [7, 11) is 0. The number of hydrogen-bond donors (Lipinski definition) is 0. The molecular formula is C8H5FN2O2. The van der Waals surface area contributed by atoms with Crippen LogP contribution in [0.25, 0.3) is 0 Å². The molecule has 0 aliphatic carbocycles. The number of rotatable bonds is 2. The van der Waals surface area contributed by atoms with Crippen LogP contribution in [-0.2, 0) is 0 Å². The Hall–Kier alpha value is -1.78. The van der Waals surface area contributed by atoms with E-state index in [1.54, 1.807) is 0 Å². The van der Waals surface area contributed by atoms with Gasteiger partial charge in [0.15, 0.2) is 0 Å². The summed E-state index contributed by atoms with van der Waals surface area (Å²) in [6.45, 7) is 0. The first-order valence-corrected chi connectivity index (χ1v) is 3.65. The fraction of sp³-hybridized carbons (Fsp3) is 0.125. The lowest BCUT2D eigenvalue weighted by atomic mass is 10.1. The van der Waals surface area contributed by atoms with Gasteiger partial charge in [0.1, 0.15) is 11.5 Å². The summed E-state index contributed by atoms with van der Waals surface area (Å²) in [5, 5.41) is 10.2. The fourth-order valence-electron chi connectivity index (χ4n) is 1.09. The van der Waals surface area contributed by atoms with Crippen LogP contribution in [0.1, 0.15) is 5.56 Å². The highest BCUT2D eigenvalue weighted by atomic mass is 19.1. The average molecular weight is 180 g/mol. The van der Waals surface area contributed by atoms with Crippen molar-refractivity contribution in [3.05, 3.63) is 45.8 Å². The van der Waals surface area contributed by atoms with E-state index >= 15 is 0 Å². The van der Waals surface area contributed by atoms with E-state index in [0.29, 0.717) is 11.3 Å². The first-order chi connectivity index (χ1) is 6.18. The molecule has 0 N–H and O–H groups in total. The Balaban J connectivity index is 2.17. The average Bonchev–Trinajstić information content (AvgIpc) is 2.85. The maximum Gasteiger partial charge on any atom is 0.347 e. The second-order valence-corrected chi connectivity index (χ2v) is 2.68. The van der Waals surface area contributed by atoms with Gasteiger partial charge in [0.05, 0.1) is 4.92 Å². The maximum atomic E-state index is 12.5. The van der Waals surface area contributed by atoms with E-state index in [2.05, 4.69) is 4.99 Å². The highest BCUT2D eigenvalue weighted by Crippen LogP contribution is 2.20. The van der Waals surface area contributed by atoms with E-state index in [9.17, 15) is 14.5 Å². The summed E-state index contributed by atoms with van der Waals surface area (Å²) in [4.78, 5) is 13.4. The Morgan fingerprint density at radius 3 is 2.46 bits per heavy atom. The summed E-state index contributed by atoms with van der Waals surface area (Å²) in [6.07, 6.45) is -0.912. The number of halogens is 1. The van der Waals surface area contributed by atoms with Crippen molar-refractivity contribution in [2.45, 2.75) is 6.17 Å². The number of benzene rings is 1. The van der Waals surface area contributed by atoms with Gasteiger partial charge in [0.2, 0.25) is 0 Å². The third-order valence-corrected chi connectivity index (χ3v) is 1.78. The van der Waals surface area contributed by atoms with Crippen LogP contribution in [0.3, 0.4) is 0 Å². The number of nitrogens with zero attached hydrogens (tertiary/aromatic N) is 2. The molecule has 0 radical (unpaired) electrons. The van der Waals surface area contributed by atoms with Crippen LogP contribution < -0.4 is 0 Å². The standard InChI is InChI=1S/C8H5FN2O2/c9-6-3-1-5(2-4-6)7-8(10-7)11(12)13/h1-4,8H. The van der Waals surface area contributed by atoms with Gasteiger partial charge in [-0.05, 0) is 24.3 Å². The summed E-state index contributed by atoms with van der Waals surface area (Å²) in [5.74, 6) is -0.359. The Labute approximate surface area is 72.9 Å². The lowest BCUT2D eigenvalue weighted by Gasteiger charge is -1.91. The molecule has 1 aliphatic rings. The third kappa shape index (κ3) is 1.40. The maximum absolute atomic E-state index is 12.5. The molecule has 0 saturated carbocycles. The van der Waals surface area contributed by atoms with Crippen molar-refractivity contribution in [3.8, 4) is 0 Å². The van der Waals surface area contributed by atoms with Crippen LogP contribution in [0, 0.1) is 15.9 Å². The van der Waals surface area contributed by atoms with Gasteiger partial charge < -0.3 is 0 Å². The first-order valence-electron chi connectivity index (χ1n) is 3.65. The molecule has 0 bridgehead atoms. The molecule has 0 saturated heterocycles. The van der Waals surface area contributed by atoms with E-state index < -0.39 is 11.1 Å². The van der Waals surface area contributed by atoms with Crippen molar-refractivity contribution in [1.82, 2.24) is 0 Å². The predicted octanol–water partition coefficient (Wildman–Crippen LogP) is 1.23. The quantitative estimate of drug-likeness (QED) is 0.507. The van der Waals surface area contributed by atoms with E-state index in [1.807, 2.05) is 0 Å². The summed E-state index contributed by atoms with van der Waals surface area (Å²) >= 11 is 0.